The third kappa shape index (κ3) is 3.00. The van der Waals surface area contributed by atoms with Gasteiger partial charge in [-0.1, -0.05) is 36.4 Å². The van der Waals surface area contributed by atoms with Gasteiger partial charge in [-0.25, -0.2) is 0 Å². The Labute approximate surface area is 124 Å². The fourth-order valence-corrected chi connectivity index (χ4v) is 4.30. The first-order chi connectivity index (χ1) is 8.65. The molecule has 0 N–H and O–H groups in total. The van der Waals surface area contributed by atoms with E-state index in [1.807, 2.05) is 0 Å². The lowest BCUT2D eigenvalue weighted by atomic mass is 9.86. The Balaban J connectivity index is 2.00. The van der Waals surface area contributed by atoms with Crippen LogP contribution in [-0.2, 0) is 9.53 Å². The summed E-state index contributed by atoms with van der Waals surface area (Å²) in [6, 6.07) is 0.474. The lowest BCUT2D eigenvalue weighted by molar-refractivity contribution is -0.139. The number of rotatable bonds is 3. The van der Waals surface area contributed by atoms with E-state index in [1.54, 1.807) is 0 Å². The summed E-state index contributed by atoms with van der Waals surface area (Å²) in [4.78, 5) is 14.9. The van der Waals surface area contributed by atoms with Crippen molar-refractivity contribution in [2.45, 2.75) is 56.0 Å². The summed E-state index contributed by atoms with van der Waals surface area (Å²) >= 11 is 2.43. The van der Waals surface area contributed by atoms with Crippen molar-refractivity contribution in [1.82, 2.24) is 4.90 Å². The van der Waals surface area contributed by atoms with Gasteiger partial charge in [-0.05, 0) is 38.0 Å². The van der Waals surface area contributed by atoms with E-state index in [0.717, 1.165) is 38.9 Å². The van der Waals surface area contributed by atoms with Crippen LogP contribution in [0.3, 0.4) is 0 Å². The first kappa shape index (κ1) is 14.6. The minimum atomic E-state index is 0.165. The fourth-order valence-electron chi connectivity index (χ4n) is 3.21. The molecule has 0 aromatic rings. The van der Waals surface area contributed by atoms with Crippen molar-refractivity contribution in [3.8, 4) is 0 Å². The smallest absolute Gasteiger partial charge is 0.226 e. The number of nitrogens with zero attached hydrogens (tertiary/aromatic N) is 1. The van der Waals surface area contributed by atoms with Gasteiger partial charge >= 0.3 is 0 Å². The molecular weight excluding hydrogens is 341 g/mol. The van der Waals surface area contributed by atoms with Gasteiger partial charge in [0.05, 0.1) is 4.05 Å². The number of likely N-dealkylation sites (tertiary alicyclic amines) is 1. The van der Waals surface area contributed by atoms with Crippen LogP contribution in [0.25, 0.3) is 0 Å². The Morgan fingerprint density at radius 2 is 2.00 bits per heavy atom. The van der Waals surface area contributed by atoms with Gasteiger partial charge in [0.1, 0.15) is 0 Å². The van der Waals surface area contributed by atoms with Crippen LogP contribution in [0.2, 0.25) is 0 Å². The van der Waals surface area contributed by atoms with Gasteiger partial charge in [-0.15, -0.1) is 0 Å². The molecule has 0 saturated carbocycles. The molecule has 2 aliphatic rings. The monoisotopic (exact) mass is 365 g/mol. The van der Waals surface area contributed by atoms with Crippen molar-refractivity contribution in [2.24, 2.45) is 11.8 Å². The molecule has 1 amide bonds. The Kier molecular flexibility index (Phi) is 5.30. The van der Waals surface area contributed by atoms with Gasteiger partial charge in [0.25, 0.3) is 0 Å². The number of hydrogen-bond donors (Lipinski definition) is 0. The second-order valence-corrected chi connectivity index (χ2v) is 7.00. The van der Waals surface area contributed by atoms with Crippen molar-refractivity contribution < 1.29 is 9.53 Å². The maximum absolute atomic E-state index is 12.7. The Morgan fingerprint density at radius 1 is 1.33 bits per heavy atom. The second kappa shape index (κ2) is 6.55. The summed E-state index contributed by atoms with van der Waals surface area (Å²) in [5, 5.41) is 0. The number of hydrogen-bond acceptors (Lipinski definition) is 2. The Bertz CT molecular complexity index is 292. The molecule has 2 fully saturated rings. The summed E-state index contributed by atoms with van der Waals surface area (Å²) < 4.78 is 5.80. The predicted octanol–water partition coefficient (Wildman–Crippen LogP) is 3.21. The molecule has 0 aromatic heterocycles. The molecule has 0 aliphatic carbocycles. The summed E-state index contributed by atoms with van der Waals surface area (Å²) in [5.41, 5.74) is 0. The van der Waals surface area contributed by atoms with E-state index in [4.69, 9.17) is 4.74 Å². The maximum Gasteiger partial charge on any atom is 0.226 e. The average molecular weight is 365 g/mol. The predicted molar refractivity (Wildman–Crippen MR) is 80.7 cm³/mol. The molecule has 2 rings (SSSR count). The van der Waals surface area contributed by atoms with Crippen LogP contribution in [0.15, 0.2) is 0 Å². The molecule has 4 heteroatoms. The largest absolute Gasteiger partial charge is 0.381 e. The van der Waals surface area contributed by atoms with Crippen LogP contribution in [0.5, 0.6) is 0 Å². The summed E-state index contributed by atoms with van der Waals surface area (Å²) in [6.45, 7) is 5.96. The Hall–Kier alpha value is 0.160. The highest BCUT2D eigenvalue weighted by molar-refractivity contribution is 14.1. The number of alkyl halides is 1. The lowest BCUT2D eigenvalue weighted by Crippen LogP contribution is -2.44. The fraction of sp³-hybridized carbons (Fsp3) is 0.929. The van der Waals surface area contributed by atoms with Gasteiger partial charge < -0.3 is 9.64 Å². The molecule has 0 radical (unpaired) electrons. The van der Waals surface area contributed by atoms with Crippen LogP contribution in [0.4, 0.5) is 0 Å². The van der Waals surface area contributed by atoms with Crippen molar-refractivity contribution in [3.63, 3.8) is 0 Å². The normalized spacial score (nSPS) is 31.6. The average Bonchev–Trinajstić information content (AvgIpc) is 2.79. The van der Waals surface area contributed by atoms with E-state index in [2.05, 4.69) is 41.3 Å². The van der Waals surface area contributed by atoms with Crippen molar-refractivity contribution in [2.75, 3.05) is 13.2 Å². The van der Waals surface area contributed by atoms with Crippen molar-refractivity contribution in [1.29, 1.82) is 0 Å². The molecule has 2 unspecified atom stereocenters. The van der Waals surface area contributed by atoms with E-state index in [-0.39, 0.29) is 5.92 Å². The lowest BCUT2D eigenvalue weighted by Gasteiger charge is -2.34. The zero-order chi connectivity index (χ0) is 13.1. The zero-order valence-corrected chi connectivity index (χ0v) is 13.6. The molecule has 3 nitrogen and oxygen atoms in total. The maximum atomic E-state index is 12.7. The van der Waals surface area contributed by atoms with Gasteiger partial charge in [0.15, 0.2) is 0 Å². The summed E-state index contributed by atoms with van der Waals surface area (Å²) in [7, 11) is 0. The molecule has 0 bridgehead atoms. The molecule has 2 saturated heterocycles. The molecule has 0 spiro atoms. The number of halogens is 1. The topological polar surface area (TPSA) is 29.5 Å². The van der Waals surface area contributed by atoms with E-state index in [0.29, 0.717) is 21.9 Å². The molecular formula is C14H24INO2. The highest BCUT2D eigenvalue weighted by atomic mass is 127. The van der Waals surface area contributed by atoms with Gasteiger partial charge in [-0.3, -0.25) is 4.79 Å². The number of carbonyl (C=O) groups is 1. The Morgan fingerprint density at radius 3 is 2.61 bits per heavy atom. The minimum Gasteiger partial charge on any atom is -0.381 e. The molecule has 0 aromatic carbocycles. The van der Waals surface area contributed by atoms with Crippen LogP contribution >= 0.6 is 22.6 Å². The third-order valence-corrected chi connectivity index (χ3v) is 5.74. The summed E-state index contributed by atoms with van der Waals surface area (Å²) in [5.74, 6) is 1.07. The molecule has 18 heavy (non-hydrogen) atoms. The van der Waals surface area contributed by atoms with Gasteiger partial charge in [0, 0.05) is 25.2 Å². The van der Waals surface area contributed by atoms with Crippen LogP contribution in [0, 0.1) is 11.8 Å². The van der Waals surface area contributed by atoms with E-state index >= 15 is 0 Å². The number of amides is 1. The van der Waals surface area contributed by atoms with Crippen molar-refractivity contribution in [3.05, 3.63) is 0 Å². The van der Waals surface area contributed by atoms with Crippen LogP contribution in [0.1, 0.15) is 46.0 Å². The van der Waals surface area contributed by atoms with E-state index in [1.165, 1.54) is 6.42 Å². The second-order valence-electron chi connectivity index (χ2n) is 5.56. The zero-order valence-electron chi connectivity index (χ0n) is 11.4. The van der Waals surface area contributed by atoms with Crippen LogP contribution in [-0.4, -0.2) is 34.1 Å². The number of ether oxygens (including phenoxy) is 1. The van der Waals surface area contributed by atoms with E-state index < -0.39 is 0 Å². The third-order valence-electron chi connectivity index (χ3n) is 4.52. The standard InChI is InChI=1S/C14H24INO2/c1-3-12-4-5-13(15)16(12)14(17)10(2)11-6-8-18-9-7-11/h10-13H,3-9H2,1-2H3/t10?,12?,13-/m0/s1. The SMILES string of the molecule is CCC1CC[C@@H](I)N1C(=O)C(C)C1CCOCC1. The molecule has 2 aliphatic heterocycles. The molecule has 2 heterocycles. The summed E-state index contributed by atoms with van der Waals surface area (Å²) in [6.07, 6.45) is 5.51. The van der Waals surface area contributed by atoms with Crippen molar-refractivity contribution >= 4 is 28.5 Å². The minimum absolute atomic E-state index is 0.165. The van der Waals surface area contributed by atoms with E-state index in [9.17, 15) is 4.79 Å². The first-order valence-electron chi connectivity index (χ1n) is 7.19. The highest BCUT2D eigenvalue weighted by Crippen LogP contribution is 2.34. The first-order valence-corrected chi connectivity index (χ1v) is 8.43. The van der Waals surface area contributed by atoms with Gasteiger partial charge in [0.2, 0.25) is 5.91 Å². The molecule has 3 atom stereocenters. The van der Waals surface area contributed by atoms with Gasteiger partial charge in [-0.2, -0.15) is 0 Å². The van der Waals surface area contributed by atoms with Crippen LogP contribution < -0.4 is 0 Å². The number of carbonyl (C=O) groups excluding carboxylic acids is 1. The highest BCUT2D eigenvalue weighted by Gasteiger charge is 2.38. The molecule has 104 valence electrons. The quantitative estimate of drug-likeness (QED) is 0.437.